The molecule has 168 valence electrons. The lowest BCUT2D eigenvalue weighted by atomic mass is 10.1. The molecule has 0 aliphatic rings. The van der Waals surface area contributed by atoms with Crippen LogP contribution in [0.15, 0.2) is 73.3 Å². The van der Waals surface area contributed by atoms with Crippen molar-refractivity contribution in [3.63, 3.8) is 0 Å². The molecule has 0 radical (unpaired) electrons. The molecule has 5 rings (SSSR count). The van der Waals surface area contributed by atoms with E-state index < -0.39 is 10.8 Å². The van der Waals surface area contributed by atoms with Gasteiger partial charge in [-0.15, -0.1) is 0 Å². The van der Waals surface area contributed by atoms with Crippen LogP contribution in [0.1, 0.15) is 16.1 Å². The Balaban J connectivity index is 1.46. The van der Waals surface area contributed by atoms with Crippen molar-refractivity contribution >= 4 is 34.7 Å². The van der Waals surface area contributed by atoms with Gasteiger partial charge < -0.3 is 5.32 Å². The number of hydrogen-bond donors (Lipinski definition) is 1. The van der Waals surface area contributed by atoms with Crippen molar-refractivity contribution in [3.05, 3.63) is 99.7 Å². The number of nitrogens with zero attached hydrogens (tertiary/aromatic N) is 7. The molecule has 1 N–H and O–H groups in total. The average molecular weight is 475 g/mol. The van der Waals surface area contributed by atoms with E-state index >= 15 is 0 Å². The molecule has 12 heteroatoms. The second kappa shape index (κ2) is 8.71. The first-order valence-electron chi connectivity index (χ1n) is 10.00. The predicted molar refractivity (Wildman–Crippen MR) is 124 cm³/mol. The molecule has 34 heavy (non-hydrogen) atoms. The van der Waals surface area contributed by atoms with E-state index in [1.165, 1.54) is 29.0 Å². The third-order valence-electron chi connectivity index (χ3n) is 4.97. The molecular formula is C22H15ClN8O3. The number of carbonyl (C=O) groups excluding carboxylic acids is 1. The fourth-order valence-electron chi connectivity index (χ4n) is 3.46. The van der Waals surface area contributed by atoms with Gasteiger partial charge in [-0.05, 0) is 23.8 Å². The smallest absolute Gasteiger partial charge is 0.274 e. The Kier molecular flexibility index (Phi) is 5.44. The van der Waals surface area contributed by atoms with E-state index in [1.807, 2.05) is 18.2 Å². The Bertz CT molecular complexity index is 1540. The maximum absolute atomic E-state index is 13.2. The van der Waals surface area contributed by atoms with Crippen molar-refractivity contribution in [2.24, 2.45) is 0 Å². The van der Waals surface area contributed by atoms with Gasteiger partial charge in [-0.3, -0.25) is 19.6 Å². The summed E-state index contributed by atoms with van der Waals surface area (Å²) in [6, 6.07) is 14.9. The standard InChI is InChI=1S/C22H15ClN8O3/c23-16-10-25-29(12-16)11-14-3-1-5-17(7-14)27-21(32)20-9-19(28-22-24-13-26-30(20)22)15-4-2-6-18(8-15)31(33)34/h1-10,12-13H,11H2,(H,27,32). The van der Waals surface area contributed by atoms with Crippen LogP contribution in [0.5, 0.6) is 0 Å². The Hall–Kier alpha value is -4.64. The minimum atomic E-state index is -0.489. The lowest BCUT2D eigenvalue weighted by Crippen LogP contribution is -2.17. The Morgan fingerprint density at radius 3 is 2.76 bits per heavy atom. The molecule has 0 bridgehead atoms. The normalized spacial score (nSPS) is 11.0. The number of hydrogen-bond acceptors (Lipinski definition) is 7. The average Bonchev–Trinajstić information content (AvgIpc) is 3.47. The van der Waals surface area contributed by atoms with Gasteiger partial charge in [-0.1, -0.05) is 35.9 Å². The third kappa shape index (κ3) is 4.32. The maximum Gasteiger partial charge on any atom is 0.274 e. The number of rotatable bonds is 6. The van der Waals surface area contributed by atoms with E-state index in [0.717, 1.165) is 5.56 Å². The number of anilines is 1. The summed E-state index contributed by atoms with van der Waals surface area (Å²) in [7, 11) is 0. The van der Waals surface area contributed by atoms with Gasteiger partial charge in [0.05, 0.1) is 28.4 Å². The summed E-state index contributed by atoms with van der Waals surface area (Å²) in [5, 5.41) is 22.8. The van der Waals surface area contributed by atoms with E-state index in [4.69, 9.17) is 11.6 Å². The predicted octanol–water partition coefficient (Wildman–Crippen LogP) is 3.85. The molecule has 3 aromatic heterocycles. The zero-order valence-electron chi connectivity index (χ0n) is 17.4. The molecule has 0 aliphatic heterocycles. The zero-order valence-corrected chi connectivity index (χ0v) is 18.1. The highest BCUT2D eigenvalue weighted by Crippen LogP contribution is 2.24. The van der Waals surface area contributed by atoms with Crippen LogP contribution in [-0.2, 0) is 6.54 Å². The molecule has 2 aromatic carbocycles. The molecular weight excluding hydrogens is 460 g/mol. The van der Waals surface area contributed by atoms with E-state index in [2.05, 4.69) is 25.5 Å². The largest absolute Gasteiger partial charge is 0.321 e. The number of halogens is 1. The monoisotopic (exact) mass is 474 g/mol. The molecule has 0 fully saturated rings. The van der Waals surface area contributed by atoms with Crippen LogP contribution in [0, 0.1) is 10.1 Å². The van der Waals surface area contributed by atoms with Crippen LogP contribution < -0.4 is 5.32 Å². The van der Waals surface area contributed by atoms with Gasteiger partial charge in [-0.25, -0.2) is 4.98 Å². The van der Waals surface area contributed by atoms with Crippen molar-refractivity contribution in [1.29, 1.82) is 0 Å². The van der Waals surface area contributed by atoms with Crippen LogP contribution in [0.2, 0.25) is 5.02 Å². The van der Waals surface area contributed by atoms with E-state index in [9.17, 15) is 14.9 Å². The van der Waals surface area contributed by atoms with Crippen LogP contribution in [0.3, 0.4) is 0 Å². The van der Waals surface area contributed by atoms with E-state index in [0.29, 0.717) is 28.5 Å². The molecule has 0 saturated carbocycles. The van der Waals surface area contributed by atoms with Gasteiger partial charge in [0.15, 0.2) is 0 Å². The van der Waals surface area contributed by atoms with E-state index in [1.54, 1.807) is 35.3 Å². The van der Waals surface area contributed by atoms with Gasteiger partial charge in [0.1, 0.15) is 12.0 Å². The third-order valence-corrected chi connectivity index (χ3v) is 5.16. The molecule has 0 unspecified atom stereocenters. The highest BCUT2D eigenvalue weighted by Gasteiger charge is 2.17. The fraction of sp³-hybridized carbons (Fsp3) is 0.0455. The summed E-state index contributed by atoms with van der Waals surface area (Å²) in [6.45, 7) is 0.482. The zero-order chi connectivity index (χ0) is 23.7. The van der Waals surface area contributed by atoms with Gasteiger partial charge in [-0.2, -0.15) is 19.7 Å². The number of nitro groups is 1. The first-order chi connectivity index (χ1) is 16.5. The maximum atomic E-state index is 13.2. The minimum absolute atomic E-state index is 0.0815. The lowest BCUT2D eigenvalue weighted by molar-refractivity contribution is -0.384. The molecule has 11 nitrogen and oxygen atoms in total. The van der Waals surface area contributed by atoms with Crippen molar-refractivity contribution < 1.29 is 9.72 Å². The molecule has 0 spiro atoms. The molecule has 1 amide bonds. The molecule has 0 atom stereocenters. The Morgan fingerprint density at radius 2 is 1.97 bits per heavy atom. The van der Waals surface area contributed by atoms with Gasteiger partial charge in [0, 0.05) is 29.6 Å². The minimum Gasteiger partial charge on any atom is -0.321 e. The molecule has 5 aromatic rings. The number of nitrogens with one attached hydrogen (secondary N) is 1. The SMILES string of the molecule is O=C(Nc1cccc(Cn2cc(Cl)cn2)c1)c1cc(-c2cccc([N+](=O)[O-])c2)nc2ncnn12. The first kappa shape index (κ1) is 21.2. The number of carbonyl (C=O) groups is 1. The van der Waals surface area contributed by atoms with Crippen molar-refractivity contribution in [2.45, 2.75) is 6.54 Å². The molecule has 3 heterocycles. The summed E-state index contributed by atoms with van der Waals surface area (Å²) in [4.78, 5) is 32.3. The second-order valence-corrected chi connectivity index (χ2v) is 7.75. The quantitative estimate of drug-likeness (QED) is 0.292. The summed E-state index contributed by atoms with van der Waals surface area (Å²) >= 11 is 5.92. The number of fused-ring (bicyclic) bond motifs is 1. The van der Waals surface area contributed by atoms with Crippen molar-refractivity contribution in [3.8, 4) is 11.3 Å². The number of amides is 1. The van der Waals surface area contributed by atoms with Crippen LogP contribution >= 0.6 is 11.6 Å². The summed E-state index contributed by atoms with van der Waals surface area (Å²) in [5.41, 5.74) is 2.42. The first-order valence-corrected chi connectivity index (χ1v) is 10.4. The highest BCUT2D eigenvalue weighted by molar-refractivity contribution is 6.30. The number of benzene rings is 2. The van der Waals surface area contributed by atoms with Crippen molar-refractivity contribution in [1.82, 2.24) is 29.4 Å². The van der Waals surface area contributed by atoms with Crippen LogP contribution in [0.4, 0.5) is 11.4 Å². The van der Waals surface area contributed by atoms with Crippen LogP contribution in [-0.4, -0.2) is 40.2 Å². The molecule has 0 aliphatic carbocycles. The summed E-state index contributed by atoms with van der Waals surface area (Å²) in [5.74, 6) is -0.248. The van der Waals surface area contributed by atoms with E-state index in [-0.39, 0.29) is 17.2 Å². The van der Waals surface area contributed by atoms with Crippen molar-refractivity contribution in [2.75, 3.05) is 5.32 Å². The summed E-state index contributed by atoms with van der Waals surface area (Å²) in [6.07, 6.45) is 4.55. The number of non-ortho nitro benzene ring substituents is 1. The van der Waals surface area contributed by atoms with Gasteiger partial charge >= 0.3 is 0 Å². The van der Waals surface area contributed by atoms with Gasteiger partial charge in [0.25, 0.3) is 17.4 Å². The lowest BCUT2D eigenvalue weighted by Gasteiger charge is -2.10. The number of aromatic nitrogens is 6. The van der Waals surface area contributed by atoms with Gasteiger partial charge in [0.2, 0.25) is 0 Å². The number of nitro benzene ring substituents is 1. The topological polar surface area (TPSA) is 133 Å². The highest BCUT2D eigenvalue weighted by atomic mass is 35.5. The van der Waals surface area contributed by atoms with Crippen LogP contribution in [0.25, 0.3) is 17.0 Å². The second-order valence-electron chi connectivity index (χ2n) is 7.32. The Morgan fingerprint density at radius 1 is 1.12 bits per heavy atom. The fourth-order valence-corrected chi connectivity index (χ4v) is 3.61. The Labute approximate surface area is 196 Å². The summed E-state index contributed by atoms with van der Waals surface area (Å²) < 4.78 is 3.00. The molecule has 0 saturated heterocycles.